The number of carbonyl (C=O) groups is 3. The number of aliphatic carboxylic acids is 1. The number of carboxylic acid groups (broad SMARTS) is 1. The maximum Gasteiger partial charge on any atom is 0.407 e. The minimum Gasteiger partial charge on any atom is -0.480 e. The molecule has 1 aliphatic rings. The van der Waals surface area contributed by atoms with Crippen LogP contribution in [0.15, 0.2) is 61.2 Å². The third-order valence-electron chi connectivity index (χ3n) is 5.63. The Balaban J connectivity index is 1.66. The second kappa shape index (κ2) is 10.6. The van der Waals surface area contributed by atoms with Gasteiger partial charge in [0.25, 0.3) is 0 Å². The molecule has 0 bridgehead atoms. The molecule has 2 amide bonds. The number of carboxylic acids is 1. The van der Waals surface area contributed by atoms with Gasteiger partial charge in [-0.25, -0.2) is 9.59 Å². The zero-order chi connectivity index (χ0) is 23.1. The van der Waals surface area contributed by atoms with E-state index in [2.05, 4.69) is 29.3 Å². The van der Waals surface area contributed by atoms with Crippen LogP contribution in [0, 0.1) is 0 Å². The van der Waals surface area contributed by atoms with Crippen LogP contribution in [0.5, 0.6) is 0 Å². The van der Waals surface area contributed by atoms with E-state index >= 15 is 0 Å². The summed E-state index contributed by atoms with van der Waals surface area (Å²) >= 11 is 0. The van der Waals surface area contributed by atoms with Crippen LogP contribution in [0.2, 0.25) is 0 Å². The van der Waals surface area contributed by atoms with Crippen molar-refractivity contribution in [1.82, 2.24) is 10.6 Å². The summed E-state index contributed by atoms with van der Waals surface area (Å²) < 4.78 is 5.51. The monoisotopic (exact) mass is 436 g/mol. The molecule has 0 aromatic heterocycles. The van der Waals surface area contributed by atoms with E-state index in [1.165, 1.54) is 0 Å². The number of alkyl carbamates (subject to hydrolysis) is 1. The second-order valence-corrected chi connectivity index (χ2v) is 7.70. The minimum absolute atomic E-state index is 0.0925. The Labute approximate surface area is 187 Å². The number of rotatable bonds is 10. The Morgan fingerprint density at radius 3 is 2.16 bits per heavy atom. The minimum atomic E-state index is -1.12. The molecular weight excluding hydrogens is 408 g/mol. The van der Waals surface area contributed by atoms with Crippen molar-refractivity contribution >= 4 is 18.0 Å². The Kier molecular flexibility index (Phi) is 7.65. The molecule has 2 atom stereocenters. The molecule has 7 nitrogen and oxygen atoms in total. The molecule has 0 heterocycles. The fraction of sp³-hybridized carbons (Fsp3) is 0.320. The van der Waals surface area contributed by atoms with Crippen molar-refractivity contribution in [3.05, 3.63) is 72.3 Å². The highest BCUT2D eigenvalue weighted by Crippen LogP contribution is 2.44. The van der Waals surface area contributed by atoms with E-state index in [1.54, 1.807) is 13.0 Å². The number of allylic oxidation sites excluding steroid dienone is 1. The summed E-state index contributed by atoms with van der Waals surface area (Å²) in [4.78, 5) is 36.3. The molecule has 0 aliphatic heterocycles. The zero-order valence-electron chi connectivity index (χ0n) is 18.0. The first-order chi connectivity index (χ1) is 15.5. The Morgan fingerprint density at radius 2 is 1.62 bits per heavy atom. The standard InChI is InChI=1S/C25H28N2O5/c1-3-5-14-22(23(28)26-21(4-2)24(29)30)27-25(31)32-15-20-18-12-8-6-10-16(18)17-11-7-9-13-19(17)20/h3,6-13,20-22H,1,4-5,14-15H2,2H3,(H,26,28)(H,27,31)(H,29,30)/t21-,22?/m1/s1. The van der Waals surface area contributed by atoms with Gasteiger partial charge in [-0.3, -0.25) is 4.79 Å². The van der Waals surface area contributed by atoms with Crippen LogP contribution in [0.25, 0.3) is 11.1 Å². The molecule has 0 spiro atoms. The number of fused-ring (bicyclic) bond motifs is 3. The molecule has 1 unspecified atom stereocenters. The summed E-state index contributed by atoms with van der Waals surface area (Å²) in [5, 5.41) is 14.2. The van der Waals surface area contributed by atoms with Crippen LogP contribution >= 0.6 is 0 Å². The maximum atomic E-state index is 12.6. The molecule has 3 rings (SSSR count). The van der Waals surface area contributed by atoms with Gasteiger partial charge in [-0.2, -0.15) is 0 Å². The first-order valence-electron chi connectivity index (χ1n) is 10.7. The lowest BCUT2D eigenvalue weighted by Crippen LogP contribution is -2.51. The summed E-state index contributed by atoms with van der Waals surface area (Å²) in [6.45, 7) is 5.43. The molecule has 0 fully saturated rings. The Morgan fingerprint density at radius 1 is 1.03 bits per heavy atom. The highest BCUT2D eigenvalue weighted by molar-refractivity contribution is 5.89. The van der Waals surface area contributed by atoms with E-state index in [0.717, 1.165) is 22.3 Å². The van der Waals surface area contributed by atoms with Gasteiger partial charge in [-0.1, -0.05) is 61.5 Å². The Bertz CT molecular complexity index is 958. The van der Waals surface area contributed by atoms with E-state index < -0.39 is 30.1 Å². The average molecular weight is 437 g/mol. The molecule has 2 aromatic carbocycles. The lowest BCUT2D eigenvalue weighted by Gasteiger charge is -2.21. The molecule has 0 radical (unpaired) electrons. The summed E-state index contributed by atoms with van der Waals surface area (Å²) in [5.41, 5.74) is 4.43. The molecule has 0 saturated carbocycles. The number of benzene rings is 2. The SMILES string of the molecule is C=CCCC(NC(=O)OCC1c2ccccc2-c2ccccc21)C(=O)N[C@H](CC)C(=O)O. The number of hydrogen-bond acceptors (Lipinski definition) is 4. The van der Waals surface area contributed by atoms with Gasteiger partial charge in [0.1, 0.15) is 18.7 Å². The number of ether oxygens (including phenoxy) is 1. The lowest BCUT2D eigenvalue weighted by molar-refractivity contribution is -0.142. The predicted molar refractivity (Wildman–Crippen MR) is 121 cm³/mol. The first-order valence-corrected chi connectivity index (χ1v) is 10.7. The zero-order valence-corrected chi connectivity index (χ0v) is 18.0. The van der Waals surface area contributed by atoms with Crippen LogP contribution in [0.4, 0.5) is 4.79 Å². The molecule has 168 valence electrons. The van der Waals surface area contributed by atoms with Gasteiger partial charge in [-0.05, 0) is 41.5 Å². The molecular formula is C25H28N2O5. The van der Waals surface area contributed by atoms with Crippen molar-refractivity contribution in [3.8, 4) is 11.1 Å². The normalized spacial score (nSPS) is 13.9. The van der Waals surface area contributed by atoms with Crippen LogP contribution in [0.3, 0.4) is 0 Å². The molecule has 0 saturated heterocycles. The van der Waals surface area contributed by atoms with Crippen molar-refractivity contribution < 1.29 is 24.2 Å². The number of amides is 2. The van der Waals surface area contributed by atoms with Gasteiger partial charge < -0.3 is 20.5 Å². The topological polar surface area (TPSA) is 105 Å². The van der Waals surface area contributed by atoms with E-state index in [9.17, 15) is 19.5 Å². The number of hydrogen-bond donors (Lipinski definition) is 3. The van der Waals surface area contributed by atoms with Crippen LogP contribution in [0.1, 0.15) is 43.2 Å². The quantitative estimate of drug-likeness (QED) is 0.491. The molecule has 7 heteroatoms. The molecule has 3 N–H and O–H groups in total. The van der Waals surface area contributed by atoms with Gasteiger partial charge >= 0.3 is 12.1 Å². The predicted octanol–water partition coefficient (Wildman–Crippen LogP) is 3.84. The van der Waals surface area contributed by atoms with Gasteiger partial charge in [-0.15, -0.1) is 6.58 Å². The smallest absolute Gasteiger partial charge is 0.407 e. The molecule has 32 heavy (non-hydrogen) atoms. The number of carbonyl (C=O) groups excluding carboxylic acids is 2. The average Bonchev–Trinajstić information content (AvgIpc) is 3.12. The third-order valence-corrected chi connectivity index (χ3v) is 5.63. The summed E-state index contributed by atoms with van der Waals surface area (Å²) in [6.07, 6.45) is 1.91. The molecule has 1 aliphatic carbocycles. The Hall–Kier alpha value is -3.61. The van der Waals surface area contributed by atoms with Crippen molar-refractivity contribution in [2.75, 3.05) is 6.61 Å². The third kappa shape index (κ3) is 5.17. The summed E-state index contributed by atoms with van der Waals surface area (Å²) in [5.74, 6) is -1.77. The largest absolute Gasteiger partial charge is 0.480 e. The second-order valence-electron chi connectivity index (χ2n) is 7.70. The van der Waals surface area contributed by atoms with Crippen molar-refractivity contribution in [2.45, 2.75) is 44.2 Å². The van der Waals surface area contributed by atoms with Crippen molar-refractivity contribution in [2.24, 2.45) is 0 Å². The highest BCUT2D eigenvalue weighted by atomic mass is 16.5. The van der Waals surface area contributed by atoms with E-state index in [4.69, 9.17) is 4.74 Å². The fourth-order valence-corrected chi connectivity index (χ4v) is 3.95. The van der Waals surface area contributed by atoms with E-state index in [1.807, 2.05) is 36.4 Å². The van der Waals surface area contributed by atoms with E-state index in [-0.39, 0.29) is 25.4 Å². The van der Waals surface area contributed by atoms with Gasteiger partial charge in [0, 0.05) is 5.92 Å². The van der Waals surface area contributed by atoms with Crippen LogP contribution < -0.4 is 10.6 Å². The highest BCUT2D eigenvalue weighted by Gasteiger charge is 2.30. The molecule has 2 aromatic rings. The van der Waals surface area contributed by atoms with Gasteiger partial charge in [0.15, 0.2) is 0 Å². The maximum absolute atomic E-state index is 12.6. The van der Waals surface area contributed by atoms with Gasteiger partial charge in [0.05, 0.1) is 0 Å². The van der Waals surface area contributed by atoms with Crippen LogP contribution in [-0.4, -0.2) is 41.8 Å². The fourth-order valence-electron chi connectivity index (χ4n) is 3.95. The summed E-state index contributed by atoms with van der Waals surface area (Å²) in [6, 6.07) is 14.1. The first kappa shape index (κ1) is 23.1. The lowest BCUT2D eigenvalue weighted by atomic mass is 9.98. The number of nitrogens with one attached hydrogen (secondary N) is 2. The van der Waals surface area contributed by atoms with Crippen molar-refractivity contribution in [3.63, 3.8) is 0 Å². The summed E-state index contributed by atoms with van der Waals surface area (Å²) in [7, 11) is 0. The van der Waals surface area contributed by atoms with Crippen LogP contribution in [-0.2, 0) is 14.3 Å². The van der Waals surface area contributed by atoms with Crippen molar-refractivity contribution in [1.29, 1.82) is 0 Å². The van der Waals surface area contributed by atoms with E-state index in [0.29, 0.717) is 6.42 Å². The van der Waals surface area contributed by atoms with Gasteiger partial charge in [0.2, 0.25) is 5.91 Å².